The third kappa shape index (κ3) is 6.20. The van der Waals surface area contributed by atoms with Gasteiger partial charge >= 0.3 is 0 Å². The molecule has 0 N–H and O–H groups in total. The first kappa shape index (κ1) is 37.4. The summed E-state index contributed by atoms with van der Waals surface area (Å²) in [4.78, 5) is 15.9. The molecule has 0 saturated carbocycles. The van der Waals surface area contributed by atoms with Crippen LogP contribution in [0.2, 0.25) is 0 Å². The van der Waals surface area contributed by atoms with Crippen LogP contribution in [0.1, 0.15) is 11.1 Å². The molecular weight excluding hydrogens is 779 g/mol. The summed E-state index contributed by atoms with van der Waals surface area (Å²) in [7, 11) is 0. The number of hydrogen-bond donors (Lipinski definition) is 0. The van der Waals surface area contributed by atoms with E-state index in [2.05, 4.69) is 199 Å². The van der Waals surface area contributed by atoms with Crippen molar-refractivity contribution in [2.24, 2.45) is 0 Å². The van der Waals surface area contributed by atoms with Crippen LogP contribution < -0.4 is 0 Å². The quantitative estimate of drug-likeness (QED) is 0.161. The Hall–Kier alpha value is -8.41. The molecule has 0 aliphatic heterocycles. The van der Waals surface area contributed by atoms with E-state index >= 15 is 0 Å². The maximum Gasteiger partial charge on any atom is 0.166 e. The summed E-state index contributed by atoms with van der Waals surface area (Å²) in [6.07, 6.45) is 0. The molecule has 5 heteroatoms. The van der Waals surface area contributed by atoms with Crippen LogP contribution in [0.15, 0.2) is 212 Å². The van der Waals surface area contributed by atoms with Gasteiger partial charge in [0.05, 0.1) is 27.8 Å². The summed E-state index contributed by atoms with van der Waals surface area (Å²) in [6.45, 7) is 4.35. The molecule has 0 unspecified atom stereocenters. The number of rotatable bonds is 7. The van der Waals surface area contributed by atoms with Crippen molar-refractivity contribution in [1.82, 2.24) is 24.1 Å². The van der Waals surface area contributed by atoms with Crippen molar-refractivity contribution in [3.05, 3.63) is 223 Å². The van der Waals surface area contributed by atoms with Gasteiger partial charge in [0, 0.05) is 49.5 Å². The van der Waals surface area contributed by atoms with Gasteiger partial charge in [0.2, 0.25) is 0 Å². The molecule has 0 amide bonds. The Morgan fingerprint density at radius 2 is 0.875 bits per heavy atom. The third-order valence-electron chi connectivity index (χ3n) is 12.6. The molecule has 302 valence electrons. The predicted octanol–water partition coefficient (Wildman–Crippen LogP) is 15.0. The molecule has 0 bridgehead atoms. The van der Waals surface area contributed by atoms with Gasteiger partial charge in [-0.3, -0.25) is 0 Å². The second kappa shape index (κ2) is 15.2. The maximum atomic E-state index is 5.37. The summed E-state index contributed by atoms with van der Waals surface area (Å²) in [5, 5.41) is 4.77. The molecule has 0 spiro atoms. The standard InChI is InChI=1S/C59H41N5/c1-38-29-32-45(39(2)35-38)43-30-33-49-47-23-12-15-28-53(47)64(55(49)37-43)54-34-31-42(46-25-16-26-50-48-24-13-14-27-52(48)63(56(46)50)44-21-10-5-11-22-44)36-51(54)59-61-57(40-17-6-3-7-18-40)60-58(62-59)41-19-8-4-9-20-41/h3-37H,1-2H3. The van der Waals surface area contributed by atoms with Crippen LogP contribution in [0.3, 0.4) is 0 Å². The first-order valence-corrected chi connectivity index (χ1v) is 21.8. The second-order valence-electron chi connectivity index (χ2n) is 16.6. The zero-order chi connectivity index (χ0) is 42.7. The van der Waals surface area contributed by atoms with E-state index in [0.717, 1.165) is 61.3 Å². The summed E-state index contributed by atoms with van der Waals surface area (Å²) in [5.41, 5.74) is 16.4. The second-order valence-corrected chi connectivity index (χ2v) is 16.6. The summed E-state index contributed by atoms with van der Waals surface area (Å²) >= 11 is 0. The van der Waals surface area contributed by atoms with Gasteiger partial charge in [0.15, 0.2) is 17.5 Å². The van der Waals surface area contributed by atoms with E-state index in [1.807, 2.05) is 36.4 Å². The van der Waals surface area contributed by atoms with Gasteiger partial charge in [-0.05, 0) is 78.6 Å². The molecule has 0 saturated heterocycles. The normalized spacial score (nSPS) is 11.6. The zero-order valence-electron chi connectivity index (χ0n) is 35.4. The van der Waals surface area contributed by atoms with Gasteiger partial charge in [-0.1, -0.05) is 175 Å². The van der Waals surface area contributed by atoms with Gasteiger partial charge < -0.3 is 9.13 Å². The molecule has 0 radical (unpaired) electrons. The van der Waals surface area contributed by atoms with E-state index in [1.165, 1.54) is 43.8 Å². The Labute approximate surface area is 371 Å². The van der Waals surface area contributed by atoms with Gasteiger partial charge in [0.25, 0.3) is 0 Å². The molecule has 9 aromatic carbocycles. The van der Waals surface area contributed by atoms with E-state index in [1.54, 1.807) is 0 Å². The highest BCUT2D eigenvalue weighted by Gasteiger charge is 2.23. The highest BCUT2D eigenvalue weighted by Crippen LogP contribution is 2.43. The van der Waals surface area contributed by atoms with Crippen molar-refractivity contribution in [3.63, 3.8) is 0 Å². The lowest BCUT2D eigenvalue weighted by Gasteiger charge is -2.17. The lowest BCUT2D eigenvalue weighted by atomic mass is 9.97. The average molecular weight is 820 g/mol. The Bertz CT molecular complexity index is 3680. The minimum Gasteiger partial charge on any atom is -0.309 e. The smallest absolute Gasteiger partial charge is 0.166 e. The molecule has 0 aliphatic carbocycles. The Morgan fingerprint density at radius 3 is 1.56 bits per heavy atom. The fourth-order valence-electron chi connectivity index (χ4n) is 9.64. The minimum atomic E-state index is 0.594. The van der Waals surface area contributed by atoms with Crippen molar-refractivity contribution >= 4 is 43.6 Å². The number of benzene rings is 9. The van der Waals surface area contributed by atoms with E-state index in [-0.39, 0.29) is 0 Å². The molecule has 12 aromatic rings. The third-order valence-corrected chi connectivity index (χ3v) is 12.6. The summed E-state index contributed by atoms with van der Waals surface area (Å²) in [5.74, 6) is 1.83. The number of hydrogen-bond acceptors (Lipinski definition) is 3. The van der Waals surface area contributed by atoms with E-state index in [9.17, 15) is 0 Å². The SMILES string of the molecule is Cc1ccc(-c2ccc3c4ccccc4n(-c4ccc(-c5cccc6c7ccccc7n(-c7ccccc7)c56)cc4-c4nc(-c5ccccc5)nc(-c5ccccc5)n4)c3c2)c(C)c1. The fourth-order valence-corrected chi connectivity index (χ4v) is 9.64. The Kier molecular flexibility index (Phi) is 8.87. The van der Waals surface area contributed by atoms with Crippen molar-refractivity contribution in [2.75, 3.05) is 0 Å². The Balaban J connectivity index is 1.18. The fraction of sp³-hybridized carbons (Fsp3) is 0.0339. The lowest BCUT2D eigenvalue weighted by molar-refractivity contribution is 1.06. The van der Waals surface area contributed by atoms with Crippen LogP contribution in [0.25, 0.3) is 111 Å². The van der Waals surface area contributed by atoms with E-state index in [0.29, 0.717) is 17.5 Å². The Morgan fingerprint density at radius 1 is 0.328 bits per heavy atom. The first-order chi connectivity index (χ1) is 31.6. The first-order valence-electron chi connectivity index (χ1n) is 21.8. The minimum absolute atomic E-state index is 0.594. The molecule has 0 atom stereocenters. The zero-order valence-corrected chi connectivity index (χ0v) is 35.4. The topological polar surface area (TPSA) is 48.5 Å². The van der Waals surface area contributed by atoms with Crippen LogP contribution in [0, 0.1) is 13.8 Å². The van der Waals surface area contributed by atoms with E-state index < -0.39 is 0 Å². The molecule has 0 aliphatic rings. The maximum absolute atomic E-state index is 5.37. The number of para-hydroxylation sites is 4. The number of nitrogens with zero attached hydrogens (tertiary/aromatic N) is 5. The number of aryl methyl sites for hydroxylation is 2. The van der Waals surface area contributed by atoms with Crippen molar-refractivity contribution in [1.29, 1.82) is 0 Å². The van der Waals surface area contributed by atoms with Crippen LogP contribution in [-0.2, 0) is 0 Å². The van der Waals surface area contributed by atoms with Crippen LogP contribution in [0.5, 0.6) is 0 Å². The largest absolute Gasteiger partial charge is 0.309 e. The summed E-state index contributed by atoms with van der Waals surface area (Å²) in [6, 6.07) is 75.6. The molecule has 3 aromatic heterocycles. The van der Waals surface area contributed by atoms with Crippen molar-refractivity contribution < 1.29 is 0 Å². The highest BCUT2D eigenvalue weighted by atomic mass is 15.1. The number of aromatic nitrogens is 5. The molecular formula is C59H41N5. The van der Waals surface area contributed by atoms with Crippen LogP contribution in [0.4, 0.5) is 0 Å². The highest BCUT2D eigenvalue weighted by molar-refractivity contribution is 6.14. The molecule has 0 fully saturated rings. The van der Waals surface area contributed by atoms with E-state index in [4.69, 9.17) is 15.0 Å². The predicted molar refractivity (Wildman–Crippen MR) is 265 cm³/mol. The molecule has 12 rings (SSSR count). The van der Waals surface area contributed by atoms with Crippen molar-refractivity contribution in [2.45, 2.75) is 13.8 Å². The van der Waals surface area contributed by atoms with Gasteiger partial charge in [-0.15, -0.1) is 0 Å². The molecule has 3 heterocycles. The van der Waals surface area contributed by atoms with Crippen LogP contribution >= 0.6 is 0 Å². The average Bonchev–Trinajstić information content (AvgIpc) is 3.87. The van der Waals surface area contributed by atoms with Gasteiger partial charge in [-0.25, -0.2) is 15.0 Å². The van der Waals surface area contributed by atoms with Crippen molar-refractivity contribution in [3.8, 4) is 67.8 Å². The van der Waals surface area contributed by atoms with Crippen LogP contribution in [-0.4, -0.2) is 24.1 Å². The monoisotopic (exact) mass is 819 g/mol. The summed E-state index contributed by atoms with van der Waals surface area (Å²) < 4.78 is 4.81. The van der Waals surface area contributed by atoms with Gasteiger partial charge in [-0.2, -0.15) is 0 Å². The molecule has 5 nitrogen and oxygen atoms in total. The molecule has 64 heavy (non-hydrogen) atoms. The lowest BCUT2D eigenvalue weighted by Crippen LogP contribution is -2.04. The number of fused-ring (bicyclic) bond motifs is 6. The van der Waals surface area contributed by atoms with Gasteiger partial charge in [0.1, 0.15) is 0 Å².